The van der Waals surface area contributed by atoms with E-state index in [1.807, 2.05) is 35.2 Å². The summed E-state index contributed by atoms with van der Waals surface area (Å²) in [5.41, 5.74) is 1.51. The smallest absolute Gasteiger partial charge is 0.273 e. The second kappa shape index (κ2) is 11.1. The fourth-order valence-corrected chi connectivity index (χ4v) is 4.39. The quantitative estimate of drug-likeness (QED) is 0.510. The molecule has 0 bridgehead atoms. The summed E-state index contributed by atoms with van der Waals surface area (Å²) < 4.78 is 10.6. The Hall–Kier alpha value is -4.47. The number of benzene rings is 2. The van der Waals surface area contributed by atoms with Crippen molar-refractivity contribution in [2.75, 3.05) is 25.2 Å². The predicted octanol–water partition coefficient (Wildman–Crippen LogP) is 2.81. The van der Waals surface area contributed by atoms with Crippen molar-refractivity contribution in [2.24, 2.45) is 0 Å². The zero-order valence-corrected chi connectivity index (χ0v) is 20.2. The standard InChI is InChI=1S/C27H27N5O5/c33-23(9-6-18-4-2-1-3-5-18)32-14-10-20(11-15-32)30-27(35)24-25(29-13-12-28-24)31-26(34)19-7-8-21-22(16-19)37-17-36-21/h1-5,7-8,12-13,16,20H,6,9-11,14-15,17H2,(H,30,35)(H,29,31,34). The zero-order valence-electron chi connectivity index (χ0n) is 20.2. The minimum atomic E-state index is -0.449. The van der Waals surface area contributed by atoms with E-state index < -0.39 is 11.8 Å². The van der Waals surface area contributed by atoms with Crippen molar-refractivity contribution >= 4 is 23.5 Å². The predicted molar refractivity (Wildman–Crippen MR) is 134 cm³/mol. The van der Waals surface area contributed by atoms with Gasteiger partial charge in [-0.15, -0.1) is 0 Å². The topological polar surface area (TPSA) is 123 Å². The molecular weight excluding hydrogens is 474 g/mol. The molecule has 2 aliphatic rings. The van der Waals surface area contributed by atoms with Crippen LogP contribution in [0.25, 0.3) is 0 Å². The Labute approximate surface area is 214 Å². The third kappa shape index (κ3) is 5.85. The number of rotatable bonds is 7. The van der Waals surface area contributed by atoms with Crippen molar-refractivity contribution in [3.05, 3.63) is 77.7 Å². The summed E-state index contributed by atoms with van der Waals surface area (Å²) in [5.74, 6) is 0.361. The highest BCUT2D eigenvalue weighted by atomic mass is 16.7. The van der Waals surface area contributed by atoms with Crippen LogP contribution >= 0.6 is 0 Å². The van der Waals surface area contributed by atoms with Gasteiger partial charge >= 0.3 is 0 Å². The van der Waals surface area contributed by atoms with Crippen molar-refractivity contribution in [3.63, 3.8) is 0 Å². The lowest BCUT2D eigenvalue weighted by Gasteiger charge is -2.32. The number of ether oxygens (including phenoxy) is 2. The van der Waals surface area contributed by atoms with E-state index in [4.69, 9.17) is 9.47 Å². The van der Waals surface area contributed by atoms with E-state index >= 15 is 0 Å². The number of nitrogens with one attached hydrogen (secondary N) is 2. The van der Waals surface area contributed by atoms with Crippen LogP contribution in [0.4, 0.5) is 5.82 Å². The van der Waals surface area contributed by atoms with Crippen LogP contribution in [0.5, 0.6) is 11.5 Å². The minimum Gasteiger partial charge on any atom is -0.454 e. The molecule has 2 aromatic carbocycles. The third-order valence-electron chi connectivity index (χ3n) is 6.43. The number of fused-ring (bicyclic) bond motifs is 1. The fraction of sp³-hybridized carbons (Fsp3) is 0.296. The van der Waals surface area contributed by atoms with Gasteiger partial charge in [0.25, 0.3) is 11.8 Å². The number of piperidine rings is 1. The maximum absolute atomic E-state index is 13.0. The molecule has 10 nitrogen and oxygen atoms in total. The molecule has 3 aromatic rings. The van der Waals surface area contributed by atoms with E-state index in [-0.39, 0.29) is 30.3 Å². The first kappa shape index (κ1) is 24.2. The third-order valence-corrected chi connectivity index (χ3v) is 6.43. The van der Waals surface area contributed by atoms with Gasteiger partial charge in [0.2, 0.25) is 12.7 Å². The molecule has 37 heavy (non-hydrogen) atoms. The van der Waals surface area contributed by atoms with Crippen LogP contribution in [-0.4, -0.2) is 58.5 Å². The van der Waals surface area contributed by atoms with Crippen LogP contribution in [0.1, 0.15) is 45.7 Å². The highest BCUT2D eigenvalue weighted by Crippen LogP contribution is 2.32. The minimum absolute atomic E-state index is 0.0259. The van der Waals surface area contributed by atoms with Crippen LogP contribution < -0.4 is 20.1 Å². The van der Waals surface area contributed by atoms with Crippen molar-refractivity contribution < 1.29 is 23.9 Å². The number of carbonyl (C=O) groups is 3. The molecule has 1 fully saturated rings. The maximum atomic E-state index is 13.0. The average Bonchev–Trinajstić information content (AvgIpc) is 3.41. The van der Waals surface area contributed by atoms with E-state index in [0.29, 0.717) is 55.8 Å². The van der Waals surface area contributed by atoms with Crippen LogP contribution in [0.3, 0.4) is 0 Å². The Morgan fingerprint density at radius 2 is 1.68 bits per heavy atom. The Morgan fingerprint density at radius 3 is 2.49 bits per heavy atom. The molecule has 1 aromatic heterocycles. The van der Waals surface area contributed by atoms with E-state index in [2.05, 4.69) is 20.6 Å². The number of nitrogens with zero attached hydrogens (tertiary/aromatic N) is 3. The van der Waals surface area contributed by atoms with Gasteiger partial charge in [0.15, 0.2) is 23.0 Å². The lowest BCUT2D eigenvalue weighted by atomic mass is 10.0. The molecule has 0 radical (unpaired) electrons. The second-order valence-electron chi connectivity index (χ2n) is 8.89. The molecule has 10 heteroatoms. The van der Waals surface area contributed by atoms with E-state index in [9.17, 15) is 14.4 Å². The summed E-state index contributed by atoms with van der Waals surface area (Å²) in [6.07, 6.45) is 5.27. The SMILES string of the molecule is O=C(Nc1nccnc1C(=O)NC1CCN(C(=O)CCc2ccccc2)CC1)c1ccc2c(c1)OCO2. The summed E-state index contributed by atoms with van der Waals surface area (Å²) in [5, 5.41) is 5.64. The van der Waals surface area contributed by atoms with Crippen LogP contribution in [0.2, 0.25) is 0 Å². The van der Waals surface area contributed by atoms with Gasteiger partial charge < -0.3 is 25.0 Å². The summed E-state index contributed by atoms with van der Waals surface area (Å²) in [6, 6.07) is 14.7. The molecule has 1 saturated heterocycles. The summed E-state index contributed by atoms with van der Waals surface area (Å²) >= 11 is 0. The van der Waals surface area contributed by atoms with Gasteiger partial charge in [0.05, 0.1) is 0 Å². The number of anilines is 1. The van der Waals surface area contributed by atoms with Gasteiger partial charge in [-0.1, -0.05) is 30.3 Å². The molecule has 3 amide bonds. The first-order chi connectivity index (χ1) is 18.1. The zero-order chi connectivity index (χ0) is 25.6. The lowest BCUT2D eigenvalue weighted by molar-refractivity contribution is -0.132. The Kier molecular flexibility index (Phi) is 7.25. The molecule has 5 rings (SSSR count). The number of aryl methyl sites for hydroxylation is 1. The van der Waals surface area contributed by atoms with E-state index in [0.717, 1.165) is 5.56 Å². The summed E-state index contributed by atoms with van der Waals surface area (Å²) in [6.45, 7) is 1.26. The molecule has 0 spiro atoms. The van der Waals surface area contributed by atoms with Crippen LogP contribution in [-0.2, 0) is 11.2 Å². The van der Waals surface area contributed by atoms with Crippen molar-refractivity contribution in [2.45, 2.75) is 31.7 Å². The van der Waals surface area contributed by atoms with E-state index in [1.54, 1.807) is 18.2 Å². The van der Waals surface area contributed by atoms with Crippen LogP contribution in [0, 0.1) is 0 Å². The maximum Gasteiger partial charge on any atom is 0.273 e. The summed E-state index contributed by atoms with van der Waals surface area (Å²) in [7, 11) is 0. The lowest BCUT2D eigenvalue weighted by Crippen LogP contribution is -2.46. The molecule has 3 heterocycles. The molecule has 2 aliphatic heterocycles. The molecule has 0 aliphatic carbocycles. The Morgan fingerprint density at radius 1 is 0.919 bits per heavy atom. The molecule has 0 atom stereocenters. The first-order valence-electron chi connectivity index (χ1n) is 12.2. The van der Waals surface area contributed by atoms with Gasteiger partial charge in [-0.2, -0.15) is 0 Å². The summed E-state index contributed by atoms with van der Waals surface area (Å²) in [4.78, 5) is 48.5. The molecule has 0 saturated carbocycles. The van der Waals surface area contributed by atoms with Crippen LogP contribution in [0.15, 0.2) is 60.9 Å². The van der Waals surface area contributed by atoms with Gasteiger partial charge in [-0.05, 0) is 43.0 Å². The fourth-order valence-electron chi connectivity index (χ4n) is 4.39. The van der Waals surface area contributed by atoms with Crippen molar-refractivity contribution in [1.82, 2.24) is 20.2 Å². The highest BCUT2D eigenvalue weighted by Gasteiger charge is 2.26. The second-order valence-corrected chi connectivity index (χ2v) is 8.89. The van der Waals surface area contributed by atoms with Crippen molar-refractivity contribution in [1.29, 1.82) is 0 Å². The molecular formula is C27H27N5O5. The number of hydrogen-bond acceptors (Lipinski definition) is 7. The molecule has 2 N–H and O–H groups in total. The first-order valence-corrected chi connectivity index (χ1v) is 12.2. The normalized spacial score (nSPS) is 14.8. The van der Waals surface area contributed by atoms with E-state index in [1.165, 1.54) is 12.4 Å². The van der Waals surface area contributed by atoms with Crippen molar-refractivity contribution in [3.8, 4) is 11.5 Å². The average molecular weight is 502 g/mol. The number of amides is 3. The number of hydrogen-bond donors (Lipinski definition) is 2. The van der Waals surface area contributed by atoms with Gasteiger partial charge in [-0.25, -0.2) is 9.97 Å². The van der Waals surface area contributed by atoms with Gasteiger partial charge in [0.1, 0.15) is 0 Å². The molecule has 190 valence electrons. The largest absolute Gasteiger partial charge is 0.454 e. The molecule has 0 unspecified atom stereocenters. The van der Waals surface area contributed by atoms with Gasteiger partial charge in [-0.3, -0.25) is 14.4 Å². The number of carbonyl (C=O) groups excluding carboxylic acids is 3. The Balaban J connectivity index is 1.14. The number of likely N-dealkylation sites (tertiary alicyclic amines) is 1. The number of aromatic nitrogens is 2. The monoisotopic (exact) mass is 501 g/mol. The van der Waals surface area contributed by atoms with Gasteiger partial charge in [0, 0.05) is 43.5 Å². The Bertz CT molecular complexity index is 1290. The highest BCUT2D eigenvalue weighted by molar-refractivity contribution is 6.07.